The van der Waals surface area contributed by atoms with Crippen LogP contribution in [0.5, 0.6) is 0 Å². The molecule has 0 aliphatic rings. The first-order chi connectivity index (χ1) is 10.1. The Morgan fingerprint density at radius 2 is 1.90 bits per heavy atom. The van der Waals surface area contributed by atoms with Crippen molar-refractivity contribution in [3.63, 3.8) is 0 Å². The molecule has 0 unspecified atom stereocenters. The summed E-state index contributed by atoms with van der Waals surface area (Å²) in [6.07, 6.45) is 3.12. The summed E-state index contributed by atoms with van der Waals surface area (Å²) in [6.45, 7) is 1.63. The number of nitrogens with one attached hydrogen (secondary N) is 1. The number of rotatable bonds is 4. The van der Waals surface area contributed by atoms with Crippen LogP contribution in [-0.4, -0.2) is 10.8 Å². The summed E-state index contributed by atoms with van der Waals surface area (Å²) in [5, 5.41) is 13.4. The molecule has 2 aromatic carbocycles. The van der Waals surface area contributed by atoms with Crippen LogP contribution in [0.25, 0.3) is 6.08 Å². The zero-order valence-electron chi connectivity index (χ0n) is 11.4. The number of benzene rings is 2. The number of amides is 1. The van der Waals surface area contributed by atoms with Crippen LogP contribution in [-0.2, 0) is 4.79 Å². The van der Waals surface area contributed by atoms with Crippen LogP contribution in [0.4, 0.5) is 11.4 Å². The number of nitrogens with zero attached hydrogens (tertiary/aromatic N) is 1. The SMILES string of the molecule is Cc1cc(NC(=O)/C=C/c2ccccc2)ccc1[N+](=O)[O-]. The van der Waals surface area contributed by atoms with Gasteiger partial charge in [0.25, 0.3) is 5.69 Å². The molecule has 0 radical (unpaired) electrons. The number of carbonyl (C=O) groups is 1. The van der Waals surface area contributed by atoms with Crippen LogP contribution in [0.3, 0.4) is 0 Å². The molecule has 5 nitrogen and oxygen atoms in total. The molecule has 21 heavy (non-hydrogen) atoms. The standard InChI is InChI=1S/C16H14N2O3/c1-12-11-14(8-9-15(12)18(20)21)17-16(19)10-7-13-5-3-2-4-6-13/h2-11H,1H3,(H,17,19)/b10-7+. The average Bonchev–Trinajstić information content (AvgIpc) is 2.46. The summed E-state index contributed by atoms with van der Waals surface area (Å²) in [5.41, 5.74) is 1.99. The highest BCUT2D eigenvalue weighted by molar-refractivity contribution is 6.02. The molecular formula is C16H14N2O3. The van der Waals surface area contributed by atoms with Crippen LogP contribution >= 0.6 is 0 Å². The van der Waals surface area contributed by atoms with E-state index in [9.17, 15) is 14.9 Å². The van der Waals surface area contributed by atoms with E-state index in [0.29, 0.717) is 11.3 Å². The molecule has 5 heteroatoms. The van der Waals surface area contributed by atoms with Gasteiger partial charge in [-0.1, -0.05) is 30.3 Å². The fourth-order valence-corrected chi connectivity index (χ4v) is 1.86. The quantitative estimate of drug-likeness (QED) is 0.529. The van der Waals surface area contributed by atoms with Gasteiger partial charge in [-0.15, -0.1) is 0 Å². The predicted octanol–water partition coefficient (Wildman–Crippen LogP) is 3.56. The maximum Gasteiger partial charge on any atom is 0.272 e. The number of hydrogen-bond acceptors (Lipinski definition) is 3. The second-order valence-electron chi connectivity index (χ2n) is 4.49. The Bertz CT molecular complexity index is 694. The molecule has 0 aromatic heterocycles. The lowest BCUT2D eigenvalue weighted by atomic mass is 10.2. The second-order valence-corrected chi connectivity index (χ2v) is 4.49. The molecule has 0 saturated carbocycles. The van der Waals surface area contributed by atoms with E-state index >= 15 is 0 Å². The maximum absolute atomic E-state index is 11.8. The molecule has 106 valence electrons. The van der Waals surface area contributed by atoms with E-state index in [4.69, 9.17) is 0 Å². The minimum absolute atomic E-state index is 0.0350. The summed E-state index contributed by atoms with van der Waals surface area (Å²) in [7, 11) is 0. The first-order valence-corrected chi connectivity index (χ1v) is 6.35. The summed E-state index contributed by atoms with van der Waals surface area (Å²) in [5.74, 6) is -0.285. The van der Waals surface area contributed by atoms with Gasteiger partial charge in [-0.25, -0.2) is 0 Å². The zero-order valence-corrected chi connectivity index (χ0v) is 11.4. The first kappa shape index (κ1) is 14.5. The monoisotopic (exact) mass is 282 g/mol. The molecule has 0 fully saturated rings. The van der Waals surface area contributed by atoms with E-state index in [0.717, 1.165) is 5.56 Å². The molecule has 1 N–H and O–H groups in total. The van der Waals surface area contributed by atoms with E-state index in [1.54, 1.807) is 19.1 Å². The Hall–Kier alpha value is -2.95. The van der Waals surface area contributed by atoms with Crippen molar-refractivity contribution in [2.24, 2.45) is 0 Å². The van der Waals surface area contributed by atoms with E-state index in [1.165, 1.54) is 18.2 Å². The van der Waals surface area contributed by atoms with Gasteiger partial charge in [0.1, 0.15) is 0 Å². The minimum atomic E-state index is -0.448. The number of anilines is 1. The molecule has 2 aromatic rings. The largest absolute Gasteiger partial charge is 0.322 e. The second kappa shape index (κ2) is 6.47. The van der Waals surface area contributed by atoms with Crippen LogP contribution < -0.4 is 5.32 Å². The molecule has 0 aliphatic heterocycles. The van der Waals surface area contributed by atoms with Gasteiger partial charge in [-0.2, -0.15) is 0 Å². The highest BCUT2D eigenvalue weighted by atomic mass is 16.6. The topological polar surface area (TPSA) is 72.2 Å². The van der Waals surface area contributed by atoms with Crippen molar-refractivity contribution in [3.05, 3.63) is 75.8 Å². The van der Waals surface area contributed by atoms with Crippen LogP contribution in [0.1, 0.15) is 11.1 Å². The Kier molecular flexibility index (Phi) is 4.46. The fourth-order valence-electron chi connectivity index (χ4n) is 1.86. The van der Waals surface area contributed by atoms with E-state index < -0.39 is 4.92 Å². The fraction of sp³-hybridized carbons (Fsp3) is 0.0625. The third kappa shape index (κ3) is 4.01. The third-order valence-corrected chi connectivity index (χ3v) is 2.89. The lowest BCUT2D eigenvalue weighted by Gasteiger charge is -2.04. The number of carbonyl (C=O) groups excluding carboxylic acids is 1. The smallest absolute Gasteiger partial charge is 0.272 e. The van der Waals surface area contributed by atoms with Crippen molar-refractivity contribution in [2.45, 2.75) is 6.92 Å². The third-order valence-electron chi connectivity index (χ3n) is 2.89. The number of aryl methyl sites for hydroxylation is 1. The molecule has 1 amide bonds. The van der Waals surface area contributed by atoms with Crippen molar-refractivity contribution in [1.82, 2.24) is 0 Å². The average molecular weight is 282 g/mol. The van der Waals surface area contributed by atoms with E-state index in [-0.39, 0.29) is 11.6 Å². The Balaban J connectivity index is 2.05. The van der Waals surface area contributed by atoms with Gasteiger partial charge in [0.2, 0.25) is 5.91 Å². The number of hydrogen-bond donors (Lipinski definition) is 1. The highest BCUT2D eigenvalue weighted by Crippen LogP contribution is 2.21. The van der Waals surface area contributed by atoms with Crippen molar-refractivity contribution < 1.29 is 9.72 Å². The highest BCUT2D eigenvalue weighted by Gasteiger charge is 2.10. The molecule has 0 atom stereocenters. The lowest BCUT2D eigenvalue weighted by molar-refractivity contribution is -0.385. The van der Waals surface area contributed by atoms with Crippen molar-refractivity contribution in [3.8, 4) is 0 Å². The van der Waals surface area contributed by atoms with Gasteiger partial charge < -0.3 is 5.32 Å². The van der Waals surface area contributed by atoms with E-state index in [2.05, 4.69) is 5.32 Å². The van der Waals surface area contributed by atoms with Crippen molar-refractivity contribution in [1.29, 1.82) is 0 Å². The van der Waals surface area contributed by atoms with E-state index in [1.807, 2.05) is 30.3 Å². The van der Waals surface area contributed by atoms with Gasteiger partial charge in [-0.3, -0.25) is 14.9 Å². The van der Waals surface area contributed by atoms with Crippen LogP contribution in [0.2, 0.25) is 0 Å². The Morgan fingerprint density at radius 1 is 1.19 bits per heavy atom. The molecule has 2 rings (SSSR count). The van der Waals surface area contributed by atoms with Gasteiger partial charge in [-0.05, 0) is 30.7 Å². The molecule has 0 bridgehead atoms. The normalized spacial score (nSPS) is 10.5. The molecule has 0 aliphatic carbocycles. The lowest BCUT2D eigenvalue weighted by Crippen LogP contribution is -2.08. The summed E-state index contributed by atoms with van der Waals surface area (Å²) in [6, 6.07) is 13.9. The Labute approximate surface area is 122 Å². The maximum atomic E-state index is 11.8. The van der Waals surface area contributed by atoms with Crippen LogP contribution in [0.15, 0.2) is 54.6 Å². The van der Waals surface area contributed by atoms with Crippen LogP contribution in [0, 0.1) is 17.0 Å². The van der Waals surface area contributed by atoms with Gasteiger partial charge in [0.15, 0.2) is 0 Å². The summed E-state index contributed by atoms with van der Waals surface area (Å²) >= 11 is 0. The number of nitro groups is 1. The van der Waals surface area contributed by atoms with Gasteiger partial charge in [0.05, 0.1) is 4.92 Å². The zero-order chi connectivity index (χ0) is 15.2. The van der Waals surface area contributed by atoms with Crippen molar-refractivity contribution >= 4 is 23.4 Å². The first-order valence-electron chi connectivity index (χ1n) is 6.35. The number of nitro benzene ring substituents is 1. The molecule has 0 heterocycles. The van der Waals surface area contributed by atoms with Gasteiger partial charge in [0, 0.05) is 23.4 Å². The summed E-state index contributed by atoms with van der Waals surface area (Å²) < 4.78 is 0. The molecular weight excluding hydrogens is 268 g/mol. The molecule has 0 spiro atoms. The van der Waals surface area contributed by atoms with Gasteiger partial charge >= 0.3 is 0 Å². The predicted molar refractivity (Wildman–Crippen MR) is 81.9 cm³/mol. The summed E-state index contributed by atoms with van der Waals surface area (Å²) in [4.78, 5) is 22.1. The molecule has 0 saturated heterocycles. The Morgan fingerprint density at radius 3 is 2.52 bits per heavy atom. The minimum Gasteiger partial charge on any atom is -0.322 e. The van der Waals surface area contributed by atoms with Crippen molar-refractivity contribution in [2.75, 3.05) is 5.32 Å².